The van der Waals surface area contributed by atoms with E-state index in [0.717, 1.165) is 5.56 Å². The summed E-state index contributed by atoms with van der Waals surface area (Å²) in [6.45, 7) is 1.89. The maximum Gasteiger partial charge on any atom is 0.350 e. The Morgan fingerprint density at radius 1 is 1.17 bits per heavy atom. The minimum atomic E-state index is -3.20. The molecule has 1 aromatic heterocycles. The van der Waals surface area contributed by atoms with Gasteiger partial charge in [-0.15, -0.1) is 11.3 Å². The molecule has 1 N–H and O–H groups in total. The van der Waals surface area contributed by atoms with Gasteiger partial charge in [-0.05, 0) is 43.2 Å². The van der Waals surface area contributed by atoms with Crippen molar-refractivity contribution in [1.29, 1.82) is 0 Å². The fraction of sp³-hybridized carbons (Fsp3) is 0.400. The van der Waals surface area contributed by atoms with Crippen LogP contribution in [0.1, 0.15) is 23.0 Å². The summed E-state index contributed by atoms with van der Waals surface area (Å²) in [4.78, 5) is 26.0. The number of carbonyl (C=O) groups is 2. The number of sulfone groups is 1. The molecule has 2 heterocycles. The highest BCUT2D eigenvalue weighted by Gasteiger charge is 2.34. The van der Waals surface area contributed by atoms with Crippen LogP contribution in [0, 0.1) is 5.92 Å². The molecule has 0 radical (unpaired) electrons. The zero-order valence-corrected chi connectivity index (χ0v) is 18.5. The Morgan fingerprint density at radius 2 is 1.90 bits per heavy atom. The topological polar surface area (TPSA) is 108 Å². The van der Waals surface area contributed by atoms with Gasteiger partial charge < -0.3 is 19.5 Å². The van der Waals surface area contributed by atoms with E-state index in [-0.39, 0.29) is 29.4 Å². The van der Waals surface area contributed by atoms with Gasteiger partial charge in [0, 0.05) is 4.88 Å². The van der Waals surface area contributed by atoms with Crippen molar-refractivity contribution in [3.8, 4) is 21.9 Å². The van der Waals surface area contributed by atoms with E-state index in [1.54, 1.807) is 32.2 Å². The second kappa shape index (κ2) is 9.05. The fourth-order valence-corrected chi connectivity index (χ4v) is 5.95. The SMILES string of the molecule is CCOC(=O)c1sc(-c2ccc(OC)c(OC)c2)cc1NC(=O)C1CCS(=O)(=O)C1. The second-order valence-electron chi connectivity index (χ2n) is 6.73. The highest BCUT2D eigenvalue weighted by molar-refractivity contribution is 7.91. The first kappa shape index (κ1) is 22.1. The normalized spacial score (nSPS) is 17.4. The van der Waals surface area contributed by atoms with Crippen LogP contribution >= 0.6 is 11.3 Å². The number of hydrogen-bond acceptors (Lipinski definition) is 8. The first-order chi connectivity index (χ1) is 14.3. The van der Waals surface area contributed by atoms with Crippen molar-refractivity contribution in [1.82, 2.24) is 0 Å². The van der Waals surface area contributed by atoms with Crippen LogP contribution < -0.4 is 14.8 Å². The Morgan fingerprint density at radius 3 is 2.50 bits per heavy atom. The third-order valence-corrected chi connectivity index (χ3v) is 7.65. The van der Waals surface area contributed by atoms with Crippen molar-refractivity contribution >= 4 is 38.7 Å². The number of esters is 1. The number of nitrogens with one attached hydrogen (secondary N) is 1. The molecule has 162 valence electrons. The van der Waals surface area contributed by atoms with Crippen LogP contribution in [-0.4, -0.2) is 52.6 Å². The number of benzene rings is 1. The predicted octanol–water partition coefficient (Wildman–Crippen LogP) is 2.98. The van der Waals surface area contributed by atoms with Gasteiger partial charge in [0.25, 0.3) is 0 Å². The number of carbonyl (C=O) groups excluding carboxylic acids is 2. The standard InChI is InChI=1S/C20H23NO7S2/c1-4-28-20(23)18-14(21-19(22)13-7-8-30(24,25)11-13)10-17(29-18)12-5-6-15(26-2)16(9-12)27-3/h5-6,9-10,13H,4,7-8,11H2,1-3H3,(H,21,22). The molecule has 0 bridgehead atoms. The molecule has 8 nitrogen and oxygen atoms in total. The number of anilines is 1. The van der Waals surface area contributed by atoms with Crippen LogP contribution in [0.2, 0.25) is 0 Å². The van der Waals surface area contributed by atoms with Crippen LogP contribution in [0.3, 0.4) is 0 Å². The van der Waals surface area contributed by atoms with Crippen LogP contribution in [0.15, 0.2) is 24.3 Å². The van der Waals surface area contributed by atoms with E-state index >= 15 is 0 Å². The number of hydrogen-bond donors (Lipinski definition) is 1. The number of amides is 1. The van der Waals surface area contributed by atoms with E-state index in [2.05, 4.69) is 5.32 Å². The molecule has 1 saturated heterocycles. The van der Waals surface area contributed by atoms with E-state index in [1.807, 2.05) is 6.07 Å². The molecule has 3 rings (SSSR count). The smallest absolute Gasteiger partial charge is 0.350 e. The Bertz CT molecular complexity index is 1060. The first-order valence-corrected chi connectivity index (χ1v) is 12.0. The van der Waals surface area contributed by atoms with Gasteiger partial charge in [-0.3, -0.25) is 4.79 Å². The Balaban J connectivity index is 1.93. The third kappa shape index (κ3) is 4.76. The van der Waals surface area contributed by atoms with Gasteiger partial charge in [0.15, 0.2) is 21.3 Å². The van der Waals surface area contributed by atoms with Crippen molar-refractivity contribution in [2.75, 3.05) is 37.6 Å². The van der Waals surface area contributed by atoms with Gasteiger partial charge in [0.2, 0.25) is 5.91 Å². The molecule has 1 aliphatic heterocycles. The second-order valence-corrected chi connectivity index (χ2v) is 10.0. The summed E-state index contributed by atoms with van der Waals surface area (Å²) >= 11 is 1.17. The van der Waals surface area contributed by atoms with Crippen LogP contribution in [-0.2, 0) is 19.4 Å². The lowest BCUT2D eigenvalue weighted by atomic mass is 10.1. The Kier molecular flexibility index (Phi) is 6.67. The van der Waals surface area contributed by atoms with Gasteiger partial charge in [-0.2, -0.15) is 0 Å². The van der Waals surface area contributed by atoms with Gasteiger partial charge >= 0.3 is 5.97 Å². The summed E-state index contributed by atoms with van der Waals surface area (Å²) < 4.78 is 39.1. The molecule has 1 aliphatic rings. The molecule has 1 atom stereocenters. The fourth-order valence-electron chi connectivity index (χ4n) is 3.20. The van der Waals surface area contributed by atoms with Crippen LogP contribution in [0.4, 0.5) is 5.69 Å². The number of methoxy groups -OCH3 is 2. The molecular formula is C20H23NO7S2. The largest absolute Gasteiger partial charge is 0.493 e. The molecule has 0 aliphatic carbocycles. The van der Waals surface area contributed by atoms with Crippen molar-refractivity contribution in [2.45, 2.75) is 13.3 Å². The van der Waals surface area contributed by atoms with Gasteiger partial charge in [0.05, 0.1) is 43.9 Å². The van der Waals surface area contributed by atoms with E-state index in [4.69, 9.17) is 14.2 Å². The predicted molar refractivity (Wildman–Crippen MR) is 114 cm³/mol. The third-order valence-electron chi connectivity index (χ3n) is 4.72. The van der Waals surface area contributed by atoms with E-state index in [1.165, 1.54) is 18.4 Å². The molecule has 1 fully saturated rings. The summed E-state index contributed by atoms with van der Waals surface area (Å²) in [6, 6.07) is 7.02. The minimum absolute atomic E-state index is 0.00362. The molecule has 1 amide bonds. The highest BCUT2D eigenvalue weighted by atomic mass is 32.2. The maximum absolute atomic E-state index is 12.6. The Hall–Kier alpha value is -2.59. The molecule has 0 saturated carbocycles. The number of rotatable bonds is 7. The molecule has 1 aromatic carbocycles. The van der Waals surface area contributed by atoms with Crippen LogP contribution in [0.25, 0.3) is 10.4 Å². The van der Waals surface area contributed by atoms with Crippen molar-refractivity contribution in [2.24, 2.45) is 5.92 Å². The Labute approximate surface area is 179 Å². The quantitative estimate of drug-likeness (QED) is 0.642. The summed E-state index contributed by atoms with van der Waals surface area (Å²) in [5.74, 6) is -0.685. The number of ether oxygens (including phenoxy) is 3. The van der Waals surface area contributed by atoms with Gasteiger partial charge in [-0.25, -0.2) is 13.2 Å². The molecule has 2 aromatic rings. The minimum Gasteiger partial charge on any atom is -0.493 e. The van der Waals surface area contributed by atoms with Crippen LogP contribution in [0.5, 0.6) is 11.5 Å². The molecule has 1 unspecified atom stereocenters. The lowest BCUT2D eigenvalue weighted by Crippen LogP contribution is -2.24. The molecular weight excluding hydrogens is 430 g/mol. The van der Waals surface area contributed by atoms with Crippen molar-refractivity contribution in [3.05, 3.63) is 29.1 Å². The lowest BCUT2D eigenvalue weighted by Gasteiger charge is -2.09. The molecule has 30 heavy (non-hydrogen) atoms. The van der Waals surface area contributed by atoms with Gasteiger partial charge in [0.1, 0.15) is 4.88 Å². The number of thiophene rings is 1. The monoisotopic (exact) mass is 453 g/mol. The summed E-state index contributed by atoms with van der Waals surface area (Å²) in [6.07, 6.45) is 0.273. The summed E-state index contributed by atoms with van der Waals surface area (Å²) in [7, 11) is -0.126. The lowest BCUT2D eigenvalue weighted by molar-refractivity contribution is -0.119. The van der Waals surface area contributed by atoms with E-state index in [9.17, 15) is 18.0 Å². The van der Waals surface area contributed by atoms with E-state index < -0.39 is 27.6 Å². The van der Waals surface area contributed by atoms with Gasteiger partial charge in [-0.1, -0.05) is 0 Å². The van der Waals surface area contributed by atoms with Crippen molar-refractivity contribution in [3.63, 3.8) is 0 Å². The summed E-state index contributed by atoms with van der Waals surface area (Å²) in [5, 5.41) is 2.72. The summed E-state index contributed by atoms with van der Waals surface area (Å²) in [5.41, 5.74) is 1.07. The molecule has 10 heteroatoms. The van der Waals surface area contributed by atoms with Crippen molar-refractivity contribution < 1.29 is 32.2 Å². The molecule has 0 spiro atoms. The zero-order chi connectivity index (χ0) is 21.9. The highest BCUT2D eigenvalue weighted by Crippen LogP contribution is 2.39. The maximum atomic E-state index is 12.6. The van der Waals surface area contributed by atoms with E-state index in [0.29, 0.717) is 22.1 Å². The first-order valence-electron chi connectivity index (χ1n) is 9.32. The zero-order valence-electron chi connectivity index (χ0n) is 16.9. The average Bonchev–Trinajstić information content (AvgIpc) is 3.30. The average molecular weight is 454 g/mol.